The van der Waals surface area contributed by atoms with Gasteiger partial charge in [-0.1, -0.05) is 6.42 Å². The Hall–Kier alpha value is -1.96. The molecular weight excluding hydrogens is 358 g/mol. The predicted octanol–water partition coefficient (Wildman–Crippen LogP) is 2.50. The first-order valence-corrected chi connectivity index (χ1v) is 11.0. The molecule has 1 aliphatic heterocycles. The van der Waals surface area contributed by atoms with Gasteiger partial charge in [-0.15, -0.1) is 21.5 Å². The zero-order valence-electron chi connectivity index (χ0n) is 16.5. The van der Waals surface area contributed by atoms with E-state index in [1.165, 1.54) is 25.1 Å². The van der Waals surface area contributed by atoms with Gasteiger partial charge in [0.2, 0.25) is 0 Å². The van der Waals surface area contributed by atoms with E-state index in [0.29, 0.717) is 0 Å². The number of rotatable bonds is 8. The van der Waals surface area contributed by atoms with Crippen LogP contribution in [0.5, 0.6) is 0 Å². The molecule has 0 unspecified atom stereocenters. The maximum absolute atomic E-state index is 4.70. The number of guanidine groups is 1. The van der Waals surface area contributed by atoms with Gasteiger partial charge in [0.15, 0.2) is 5.96 Å². The summed E-state index contributed by atoms with van der Waals surface area (Å²) >= 11 is 1.70. The van der Waals surface area contributed by atoms with Crippen molar-refractivity contribution in [2.75, 3.05) is 19.6 Å². The minimum Gasteiger partial charge on any atom is -0.357 e. The van der Waals surface area contributed by atoms with E-state index in [9.17, 15) is 0 Å². The van der Waals surface area contributed by atoms with Gasteiger partial charge in [-0.05, 0) is 33.1 Å². The molecule has 0 saturated heterocycles. The van der Waals surface area contributed by atoms with Gasteiger partial charge < -0.3 is 15.2 Å². The summed E-state index contributed by atoms with van der Waals surface area (Å²) in [5.41, 5.74) is 1.15. The standard InChI is InChI=1S/C19H31N7S/c1-3-20-19(22-12-10-16-14-27-15(2)23-16)21-11-7-9-18-25-24-17-8-5-4-6-13-26(17)18/h14H,3-13H2,1-2H3,(H2,20,21,22). The predicted molar refractivity (Wildman–Crippen MR) is 110 cm³/mol. The zero-order chi connectivity index (χ0) is 18.9. The van der Waals surface area contributed by atoms with Crippen LogP contribution in [0, 0.1) is 6.92 Å². The molecule has 3 heterocycles. The van der Waals surface area contributed by atoms with E-state index >= 15 is 0 Å². The number of hydrogen-bond donors (Lipinski definition) is 2. The molecule has 0 amide bonds. The second-order valence-corrected chi connectivity index (χ2v) is 7.96. The van der Waals surface area contributed by atoms with Gasteiger partial charge in [0.05, 0.1) is 10.7 Å². The third kappa shape index (κ3) is 6.02. The third-order valence-electron chi connectivity index (χ3n) is 4.70. The van der Waals surface area contributed by atoms with Crippen LogP contribution in [0.1, 0.15) is 55.0 Å². The number of fused-ring (bicyclic) bond motifs is 1. The van der Waals surface area contributed by atoms with Gasteiger partial charge >= 0.3 is 0 Å². The van der Waals surface area contributed by atoms with Crippen LogP contribution in [0.4, 0.5) is 0 Å². The third-order valence-corrected chi connectivity index (χ3v) is 5.52. The smallest absolute Gasteiger partial charge is 0.191 e. The highest BCUT2D eigenvalue weighted by Gasteiger charge is 2.14. The van der Waals surface area contributed by atoms with Crippen LogP contribution in [-0.2, 0) is 25.8 Å². The SMILES string of the molecule is CCNC(=NCCCc1nnc2n1CCCCC2)NCCc1csc(C)n1. The van der Waals surface area contributed by atoms with Gasteiger partial charge in [-0.25, -0.2) is 4.98 Å². The Morgan fingerprint density at radius 1 is 1.22 bits per heavy atom. The zero-order valence-corrected chi connectivity index (χ0v) is 17.3. The number of aryl methyl sites for hydroxylation is 3. The number of aliphatic imine (C=N–C) groups is 1. The highest BCUT2D eigenvalue weighted by atomic mass is 32.1. The van der Waals surface area contributed by atoms with Crippen molar-refractivity contribution in [1.29, 1.82) is 0 Å². The molecular formula is C19H31N7S. The fraction of sp³-hybridized carbons (Fsp3) is 0.684. The van der Waals surface area contributed by atoms with Crippen LogP contribution < -0.4 is 10.6 Å². The van der Waals surface area contributed by atoms with E-state index in [1.807, 2.05) is 6.92 Å². The number of hydrogen-bond acceptors (Lipinski definition) is 5. The molecule has 0 aliphatic carbocycles. The summed E-state index contributed by atoms with van der Waals surface area (Å²) in [6, 6.07) is 0. The topological polar surface area (TPSA) is 80.0 Å². The van der Waals surface area contributed by atoms with E-state index in [4.69, 9.17) is 4.99 Å². The summed E-state index contributed by atoms with van der Waals surface area (Å²) in [5, 5.41) is 18.7. The van der Waals surface area contributed by atoms with Crippen molar-refractivity contribution >= 4 is 17.3 Å². The Morgan fingerprint density at radius 3 is 2.96 bits per heavy atom. The Balaban J connectivity index is 1.44. The minimum atomic E-state index is 0.785. The largest absolute Gasteiger partial charge is 0.357 e. The summed E-state index contributed by atoms with van der Waals surface area (Å²) < 4.78 is 2.33. The number of aromatic nitrogens is 4. The average Bonchev–Trinajstić information content (AvgIpc) is 3.16. The molecule has 8 heteroatoms. The lowest BCUT2D eigenvalue weighted by molar-refractivity contribution is 0.597. The van der Waals surface area contributed by atoms with Crippen molar-refractivity contribution in [2.24, 2.45) is 4.99 Å². The lowest BCUT2D eigenvalue weighted by atomic mass is 10.2. The van der Waals surface area contributed by atoms with Crippen molar-refractivity contribution in [2.45, 2.75) is 65.3 Å². The molecule has 148 valence electrons. The molecule has 2 N–H and O–H groups in total. The first-order chi connectivity index (χ1) is 13.3. The van der Waals surface area contributed by atoms with Gasteiger partial charge in [0.25, 0.3) is 0 Å². The average molecular weight is 390 g/mol. The molecule has 2 aromatic rings. The van der Waals surface area contributed by atoms with E-state index in [2.05, 4.69) is 42.7 Å². The number of nitrogens with zero attached hydrogens (tertiary/aromatic N) is 5. The van der Waals surface area contributed by atoms with Crippen molar-refractivity contribution in [3.8, 4) is 0 Å². The Bertz CT molecular complexity index is 734. The van der Waals surface area contributed by atoms with E-state index < -0.39 is 0 Å². The lowest BCUT2D eigenvalue weighted by Crippen LogP contribution is -2.38. The van der Waals surface area contributed by atoms with Crippen LogP contribution in [0.15, 0.2) is 10.4 Å². The molecule has 1 aliphatic rings. The van der Waals surface area contributed by atoms with E-state index in [0.717, 1.165) is 74.3 Å². The van der Waals surface area contributed by atoms with Gasteiger partial charge in [0, 0.05) is 50.8 Å². The Morgan fingerprint density at radius 2 is 2.15 bits per heavy atom. The molecule has 7 nitrogen and oxygen atoms in total. The van der Waals surface area contributed by atoms with Crippen LogP contribution >= 0.6 is 11.3 Å². The first kappa shape index (κ1) is 19.8. The van der Waals surface area contributed by atoms with Crippen LogP contribution in [0.3, 0.4) is 0 Å². The van der Waals surface area contributed by atoms with Gasteiger partial charge in [-0.2, -0.15) is 0 Å². The molecule has 0 aromatic carbocycles. The summed E-state index contributed by atoms with van der Waals surface area (Å²) in [6.45, 7) is 7.69. The molecule has 0 bridgehead atoms. The van der Waals surface area contributed by atoms with Crippen LogP contribution in [0.25, 0.3) is 0 Å². The van der Waals surface area contributed by atoms with Crippen molar-refractivity contribution in [1.82, 2.24) is 30.4 Å². The second-order valence-electron chi connectivity index (χ2n) is 6.89. The normalized spacial score (nSPS) is 14.7. The van der Waals surface area contributed by atoms with Crippen molar-refractivity contribution in [3.05, 3.63) is 27.7 Å². The molecule has 0 atom stereocenters. The molecule has 0 fully saturated rings. The Kier molecular flexibility index (Phi) is 7.62. The maximum Gasteiger partial charge on any atom is 0.191 e. The van der Waals surface area contributed by atoms with E-state index in [-0.39, 0.29) is 0 Å². The van der Waals surface area contributed by atoms with Gasteiger partial charge in [-0.3, -0.25) is 4.99 Å². The van der Waals surface area contributed by atoms with E-state index in [1.54, 1.807) is 11.3 Å². The van der Waals surface area contributed by atoms with Crippen molar-refractivity contribution in [3.63, 3.8) is 0 Å². The number of nitrogens with one attached hydrogen (secondary N) is 2. The summed E-state index contributed by atoms with van der Waals surface area (Å²) in [7, 11) is 0. The minimum absolute atomic E-state index is 0.785. The lowest BCUT2D eigenvalue weighted by Gasteiger charge is -2.11. The highest BCUT2D eigenvalue weighted by Crippen LogP contribution is 2.15. The summed E-state index contributed by atoms with van der Waals surface area (Å²) in [6.07, 6.45) is 7.68. The monoisotopic (exact) mass is 389 g/mol. The summed E-state index contributed by atoms with van der Waals surface area (Å²) in [5.74, 6) is 3.17. The van der Waals surface area contributed by atoms with Crippen LogP contribution in [0.2, 0.25) is 0 Å². The molecule has 27 heavy (non-hydrogen) atoms. The van der Waals surface area contributed by atoms with Gasteiger partial charge in [0.1, 0.15) is 11.6 Å². The fourth-order valence-corrected chi connectivity index (χ4v) is 3.98. The molecule has 2 aromatic heterocycles. The quantitative estimate of drug-likeness (QED) is 0.412. The fourth-order valence-electron chi connectivity index (χ4n) is 3.33. The summed E-state index contributed by atoms with van der Waals surface area (Å²) in [4.78, 5) is 9.20. The van der Waals surface area contributed by atoms with Crippen molar-refractivity contribution < 1.29 is 0 Å². The molecule has 0 radical (unpaired) electrons. The molecule has 3 rings (SSSR count). The Labute approximate surface area is 165 Å². The van der Waals surface area contributed by atoms with Crippen LogP contribution in [-0.4, -0.2) is 45.3 Å². The first-order valence-electron chi connectivity index (χ1n) is 10.1. The highest BCUT2D eigenvalue weighted by molar-refractivity contribution is 7.09. The molecule has 0 spiro atoms. The number of thiazole rings is 1. The maximum atomic E-state index is 4.70. The second kappa shape index (κ2) is 10.4. The molecule has 0 saturated carbocycles.